The molecule has 1 fully saturated rings. The van der Waals surface area contributed by atoms with Crippen LogP contribution in [0.5, 0.6) is 0 Å². The van der Waals surface area contributed by atoms with Gasteiger partial charge in [0.25, 0.3) is 0 Å². The molecule has 1 nitrogen and oxygen atoms in total. The van der Waals surface area contributed by atoms with Gasteiger partial charge in [-0.15, -0.1) is 0 Å². The van der Waals surface area contributed by atoms with E-state index < -0.39 is 0 Å². The zero-order valence-electron chi connectivity index (χ0n) is 12.8. The molecule has 0 unspecified atom stereocenters. The van der Waals surface area contributed by atoms with E-state index in [-0.39, 0.29) is 0 Å². The summed E-state index contributed by atoms with van der Waals surface area (Å²) in [5, 5.41) is 3.66. The summed E-state index contributed by atoms with van der Waals surface area (Å²) in [6.07, 6.45) is 14.1. The lowest BCUT2D eigenvalue weighted by molar-refractivity contribution is 0.334. The maximum atomic E-state index is 3.66. The predicted molar refractivity (Wildman–Crippen MR) is 86.0 cm³/mol. The van der Waals surface area contributed by atoms with E-state index in [2.05, 4.69) is 23.5 Å². The lowest BCUT2D eigenvalue weighted by Gasteiger charge is -2.21. The van der Waals surface area contributed by atoms with Crippen LogP contribution in [0.2, 0.25) is 0 Å². The fourth-order valence-corrected chi connectivity index (χ4v) is 3.91. The molecular weight excluding hydrogens is 242 g/mol. The Kier molecular flexibility index (Phi) is 5.13. The van der Waals surface area contributed by atoms with Crippen LogP contribution in [-0.2, 0) is 19.4 Å². The second-order valence-corrected chi connectivity index (χ2v) is 6.78. The van der Waals surface area contributed by atoms with Gasteiger partial charge in [0.2, 0.25) is 0 Å². The number of benzene rings is 1. The Labute approximate surface area is 124 Å². The topological polar surface area (TPSA) is 12.0 Å². The van der Waals surface area contributed by atoms with E-state index in [0.717, 1.165) is 12.5 Å². The molecule has 20 heavy (non-hydrogen) atoms. The van der Waals surface area contributed by atoms with Crippen LogP contribution in [0.25, 0.3) is 0 Å². The molecular formula is C19H29N. The normalized spacial score (nSPS) is 19.8. The summed E-state index contributed by atoms with van der Waals surface area (Å²) >= 11 is 0. The third kappa shape index (κ3) is 3.85. The van der Waals surface area contributed by atoms with Gasteiger partial charge in [-0.1, -0.05) is 50.3 Å². The van der Waals surface area contributed by atoms with Crippen molar-refractivity contribution in [2.24, 2.45) is 5.92 Å². The van der Waals surface area contributed by atoms with Crippen molar-refractivity contribution >= 4 is 0 Å². The largest absolute Gasteiger partial charge is 0.313 e. The van der Waals surface area contributed by atoms with Gasteiger partial charge in [-0.3, -0.25) is 0 Å². The Bertz CT molecular complexity index is 418. The Hall–Kier alpha value is -0.820. The van der Waals surface area contributed by atoms with E-state index in [4.69, 9.17) is 0 Å². The van der Waals surface area contributed by atoms with Crippen LogP contribution >= 0.6 is 0 Å². The van der Waals surface area contributed by atoms with E-state index >= 15 is 0 Å². The molecule has 0 radical (unpaired) electrons. The van der Waals surface area contributed by atoms with Crippen molar-refractivity contribution in [1.29, 1.82) is 0 Å². The van der Waals surface area contributed by atoms with Gasteiger partial charge in [-0.2, -0.15) is 0 Å². The molecule has 0 aromatic heterocycles. The fourth-order valence-electron chi connectivity index (χ4n) is 3.91. The van der Waals surface area contributed by atoms with Crippen molar-refractivity contribution in [3.05, 3.63) is 34.9 Å². The smallest absolute Gasteiger partial charge is 0.0205 e. The zero-order valence-corrected chi connectivity index (χ0v) is 12.8. The van der Waals surface area contributed by atoms with Gasteiger partial charge in [-0.05, 0) is 61.3 Å². The number of nitrogens with one attached hydrogen (secondary N) is 1. The number of hydrogen-bond donors (Lipinski definition) is 1. The second-order valence-electron chi connectivity index (χ2n) is 6.78. The Morgan fingerprint density at radius 3 is 2.55 bits per heavy atom. The van der Waals surface area contributed by atoms with Gasteiger partial charge in [-0.25, -0.2) is 0 Å². The minimum atomic E-state index is 1.000. The van der Waals surface area contributed by atoms with Crippen LogP contribution in [0.15, 0.2) is 18.2 Å². The molecule has 0 bridgehead atoms. The van der Waals surface area contributed by atoms with Crippen LogP contribution in [0.1, 0.15) is 68.1 Å². The van der Waals surface area contributed by atoms with Crippen LogP contribution < -0.4 is 5.32 Å². The second kappa shape index (κ2) is 7.26. The quantitative estimate of drug-likeness (QED) is 0.770. The third-order valence-electron chi connectivity index (χ3n) is 5.20. The highest BCUT2D eigenvalue weighted by molar-refractivity contribution is 5.33. The molecule has 0 aliphatic heterocycles. The summed E-state index contributed by atoms with van der Waals surface area (Å²) in [6.45, 7) is 2.25. The molecule has 2 aliphatic rings. The van der Waals surface area contributed by atoms with Gasteiger partial charge < -0.3 is 5.32 Å². The SMILES string of the molecule is c1cc2c(cc1CNCCC1CCCCC1)CCCC2. The average molecular weight is 271 g/mol. The van der Waals surface area contributed by atoms with Gasteiger partial charge in [0.1, 0.15) is 0 Å². The summed E-state index contributed by atoms with van der Waals surface area (Å²) < 4.78 is 0. The summed E-state index contributed by atoms with van der Waals surface area (Å²) in [7, 11) is 0. The average Bonchev–Trinajstić information content (AvgIpc) is 2.52. The van der Waals surface area contributed by atoms with E-state index in [0.29, 0.717) is 0 Å². The number of fused-ring (bicyclic) bond motifs is 1. The van der Waals surface area contributed by atoms with E-state index in [1.807, 2.05) is 0 Å². The first-order valence-electron chi connectivity index (χ1n) is 8.73. The lowest BCUT2D eigenvalue weighted by Crippen LogP contribution is -2.19. The molecule has 1 saturated carbocycles. The maximum Gasteiger partial charge on any atom is 0.0205 e. The monoisotopic (exact) mass is 271 g/mol. The van der Waals surface area contributed by atoms with E-state index in [1.54, 1.807) is 11.1 Å². The molecule has 0 saturated heterocycles. The molecule has 1 aromatic carbocycles. The van der Waals surface area contributed by atoms with Gasteiger partial charge in [0.05, 0.1) is 0 Å². The van der Waals surface area contributed by atoms with Crippen LogP contribution in [0.4, 0.5) is 0 Å². The highest BCUT2D eigenvalue weighted by atomic mass is 14.8. The Morgan fingerprint density at radius 1 is 0.900 bits per heavy atom. The molecule has 2 aliphatic carbocycles. The highest BCUT2D eigenvalue weighted by Crippen LogP contribution is 2.26. The first kappa shape index (κ1) is 14.1. The summed E-state index contributed by atoms with van der Waals surface area (Å²) in [4.78, 5) is 0. The third-order valence-corrected chi connectivity index (χ3v) is 5.20. The van der Waals surface area contributed by atoms with Crippen LogP contribution in [0, 0.1) is 5.92 Å². The lowest BCUT2D eigenvalue weighted by atomic mass is 9.87. The van der Waals surface area contributed by atoms with Crippen molar-refractivity contribution in [3.8, 4) is 0 Å². The van der Waals surface area contributed by atoms with Gasteiger partial charge in [0.15, 0.2) is 0 Å². The molecule has 1 heteroatoms. The molecule has 3 rings (SSSR count). The summed E-state index contributed by atoms with van der Waals surface area (Å²) in [6, 6.07) is 7.15. The van der Waals surface area contributed by atoms with Gasteiger partial charge in [0, 0.05) is 6.54 Å². The predicted octanol–water partition coefficient (Wildman–Crippen LogP) is 4.63. The summed E-state index contributed by atoms with van der Waals surface area (Å²) in [5.41, 5.74) is 4.69. The van der Waals surface area contributed by atoms with Crippen molar-refractivity contribution in [2.75, 3.05) is 6.54 Å². The standard InChI is InChI=1S/C19H29N/c1-2-6-16(7-3-1)12-13-20-15-17-10-11-18-8-4-5-9-19(18)14-17/h10-11,14,16,20H,1-9,12-13,15H2. The Balaban J connectivity index is 1.41. The van der Waals surface area contributed by atoms with Crippen molar-refractivity contribution in [2.45, 2.75) is 70.8 Å². The molecule has 0 atom stereocenters. The van der Waals surface area contributed by atoms with Crippen molar-refractivity contribution < 1.29 is 0 Å². The number of rotatable bonds is 5. The fraction of sp³-hybridized carbons (Fsp3) is 0.684. The first-order valence-corrected chi connectivity index (χ1v) is 8.73. The molecule has 1 N–H and O–H groups in total. The highest BCUT2D eigenvalue weighted by Gasteiger charge is 2.13. The van der Waals surface area contributed by atoms with Crippen molar-refractivity contribution in [1.82, 2.24) is 5.32 Å². The van der Waals surface area contributed by atoms with Crippen LogP contribution in [-0.4, -0.2) is 6.54 Å². The van der Waals surface area contributed by atoms with Crippen molar-refractivity contribution in [3.63, 3.8) is 0 Å². The summed E-state index contributed by atoms with van der Waals surface area (Å²) in [5.74, 6) is 1.000. The van der Waals surface area contributed by atoms with Crippen LogP contribution in [0.3, 0.4) is 0 Å². The number of hydrogen-bond acceptors (Lipinski definition) is 1. The molecule has 110 valence electrons. The number of aryl methyl sites for hydroxylation is 2. The van der Waals surface area contributed by atoms with E-state index in [9.17, 15) is 0 Å². The van der Waals surface area contributed by atoms with E-state index in [1.165, 1.54) is 76.3 Å². The zero-order chi connectivity index (χ0) is 13.6. The molecule has 0 heterocycles. The van der Waals surface area contributed by atoms with Gasteiger partial charge >= 0.3 is 0 Å². The molecule has 0 amide bonds. The molecule has 1 aromatic rings. The first-order chi connectivity index (χ1) is 9.92. The maximum absolute atomic E-state index is 3.66. The minimum absolute atomic E-state index is 1.000. The minimum Gasteiger partial charge on any atom is -0.313 e. The Morgan fingerprint density at radius 2 is 1.70 bits per heavy atom. The molecule has 0 spiro atoms.